The van der Waals surface area contributed by atoms with E-state index in [4.69, 9.17) is 10.00 Å². The largest absolute Gasteiger partial charge is 0.496 e. The van der Waals surface area contributed by atoms with Crippen molar-refractivity contribution in [3.8, 4) is 11.8 Å². The Morgan fingerprint density at radius 2 is 1.90 bits per heavy atom. The monoisotopic (exact) mass is 280 g/mol. The first-order chi connectivity index (χ1) is 10.1. The molecule has 0 aliphatic carbocycles. The summed E-state index contributed by atoms with van der Waals surface area (Å²) >= 11 is 0. The van der Waals surface area contributed by atoms with Gasteiger partial charge in [0.05, 0.1) is 18.7 Å². The van der Waals surface area contributed by atoms with E-state index in [0.717, 1.165) is 11.3 Å². The van der Waals surface area contributed by atoms with Crippen LogP contribution in [0.15, 0.2) is 42.5 Å². The zero-order valence-corrected chi connectivity index (χ0v) is 12.7. The first kappa shape index (κ1) is 15.1. The number of nitrogens with zero attached hydrogens (tertiary/aromatic N) is 1. The topological polar surface area (TPSA) is 45.0 Å². The average Bonchev–Trinajstić information content (AvgIpc) is 2.52. The molecule has 0 heterocycles. The first-order valence-corrected chi connectivity index (χ1v) is 7.01. The Hall–Kier alpha value is -2.31. The van der Waals surface area contributed by atoms with Crippen LogP contribution in [-0.4, -0.2) is 7.11 Å². The van der Waals surface area contributed by atoms with Gasteiger partial charge in [0.25, 0.3) is 0 Å². The van der Waals surface area contributed by atoms with E-state index in [0.29, 0.717) is 12.1 Å². The molecule has 0 unspecified atom stereocenters. The molecule has 3 heteroatoms. The van der Waals surface area contributed by atoms with Gasteiger partial charge in [0.15, 0.2) is 0 Å². The van der Waals surface area contributed by atoms with Gasteiger partial charge < -0.3 is 10.1 Å². The van der Waals surface area contributed by atoms with Gasteiger partial charge in [-0.3, -0.25) is 0 Å². The van der Waals surface area contributed by atoms with Crippen molar-refractivity contribution in [3.05, 3.63) is 64.7 Å². The number of nitrogens with one attached hydrogen (secondary N) is 1. The molecule has 21 heavy (non-hydrogen) atoms. The van der Waals surface area contributed by atoms with Crippen LogP contribution in [0.5, 0.6) is 5.75 Å². The highest BCUT2D eigenvalue weighted by atomic mass is 16.5. The molecular formula is C18H20N2O. The molecule has 1 atom stereocenters. The lowest BCUT2D eigenvalue weighted by atomic mass is 10.1. The predicted molar refractivity (Wildman–Crippen MR) is 84.1 cm³/mol. The van der Waals surface area contributed by atoms with Crippen LogP contribution >= 0.6 is 0 Å². The van der Waals surface area contributed by atoms with Crippen molar-refractivity contribution in [3.63, 3.8) is 0 Å². The summed E-state index contributed by atoms with van der Waals surface area (Å²) < 4.78 is 5.35. The highest BCUT2D eigenvalue weighted by Crippen LogP contribution is 2.21. The Morgan fingerprint density at radius 1 is 1.19 bits per heavy atom. The van der Waals surface area contributed by atoms with Crippen molar-refractivity contribution in [1.82, 2.24) is 5.32 Å². The zero-order chi connectivity index (χ0) is 15.2. The minimum Gasteiger partial charge on any atom is -0.496 e. The van der Waals surface area contributed by atoms with Gasteiger partial charge in [-0.25, -0.2) is 0 Å². The molecular weight excluding hydrogens is 260 g/mol. The van der Waals surface area contributed by atoms with E-state index in [1.807, 2.05) is 12.1 Å². The van der Waals surface area contributed by atoms with Crippen LogP contribution in [0, 0.1) is 18.3 Å². The van der Waals surface area contributed by atoms with E-state index in [9.17, 15) is 0 Å². The van der Waals surface area contributed by atoms with Crippen molar-refractivity contribution in [1.29, 1.82) is 5.26 Å². The summed E-state index contributed by atoms with van der Waals surface area (Å²) in [5.74, 6) is 0.803. The van der Waals surface area contributed by atoms with Crippen molar-refractivity contribution in [2.75, 3.05) is 7.11 Å². The Morgan fingerprint density at radius 3 is 2.52 bits per heavy atom. The van der Waals surface area contributed by atoms with Crippen LogP contribution in [0.25, 0.3) is 0 Å². The van der Waals surface area contributed by atoms with Gasteiger partial charge in [-0.2, -0.15) is 5.26 Å². The molecule has 0 saturated carbocycles. The van der Waals surface area contributed by atoms with Gasteiger partial charge in [0.1, 0.15) is 5.75 Å². The fourth-order valence-corrected chi connectivity index (χ4v) is 2.22. The van der Waals surface area contributed by atoms with E-state index in [2.05, 4.69) is 49.5 Å². The number of nitriles is 1. The van der Waals surface area contributed by atoms with Crippen molar-refractivity contribution >= 4 is 0 Å². The Labute approximate surface area is 126 Å². The van der Waals surface area contributed by atoms with Gasteiger partial charge in [0, 0.05) is 18.2 Å². The van der Waals surface area contributed by atoms with Crippen LogP contribution in [-0.2, 0) is 6.54 Å². The van der Waals surface area contributed by atoms with Crippen LogP contribution in [0.2, 0.25) is 0 Å². The van der Waals surface area contributed by atoms with Crippen LogP contribution in [0.3, 0.4) is 0 Å². The van der Waals surface area contributed by atoms with E-state index in [1.54, 1.807) is 13.2 Å². The average molecular weight is 280 g/mol. The number of benzene rings is 2. The van der Waals surface area contributed by atoms with Gasteiger partial charge in [0.2, 0.25) is 0 Å². The summed E-state index contributed by atoms with van der Waals surface area (Å²) in [7, 11) is 1.65. The van der Waals surface area contributed by atoms with Crippen molar-refractivity contribution < 1.29 is 4.74 Å². The first-order valence-electron chi connectivity index (χ1n) is 7.01. The molecule has 0 aliphatic rings. The van der Waals surface area contributed by atoms with E-state index in [-0.39, 0.29) is 6.04 Å². The van der Waals surface area contributed by atoms with Crippen molar-refractivity contribution in [2.24, 2.45) is 0 Å². The number of methoxy groups -OCH3 is 1. The predicted octanol–water partition coefficient (Wildman–Crippen LogP) is 3.73. The Balaban J connectivity index is 2.08. The molecule has 0 aromatic heterocycles. The van der Waals surface area contributed by atoms with Crippen LogP contribution in [0.1, 0.15) is 35.2 Å². The normalized spacial score (nSPS) is 11.7. The molecule has 2 aromatic carbocycles. The second-order valence-electron chi connectivity index (χ2n) is 5.15. The van der Waals surface area contributed by atoms with E-state index >= 15 is 0 Å². The summed E-state index contributed by atoms with van der Waals surface area (Å²) in [6.07, 6.45) is 0. The maximum Gasteiger partial charge on any atom is 0.123 e. The third-order valence-electron chi connectivity index (χ3n) is 3.59. The fraction of sp³-hybridized carbons (Fsp3) is 0.278. The van der Waals surface area contributed by atoms with Crippen LogP contribution in [0.4, 0.5) is 0 Å². The van der Waals surface area contributed by atoms with Gasteiger partial charge in [-0.05, 0) is 37.6 Å². The van der Waals surface area contributed by atoms with Crippen LogP contribution < -0.4 is 10.1 Å². The summed E-state index contributed by atoms with van der Waals surface area (Å²) in [6.45, 7) is 4.87. The number of rotatable bonds is 5. The zero-order valence-electron chi connectivity index (χ0n) is 12.7. The lowest BCUT2D eigenvalue weighted by Crippen LogP contribution is -2.18. The van der Waals surface area contributed by atoms with Gasteiger partial charge in [-0.1, -0.05) is 29.8 Å². The van der Waals surface area contributed by atoms with E-state index in [1.165, 1.54) is 11.1 Å². The second-order valence-corrected chi connectivity index (χ2v) is 5.15. The third kappa shape index (κ3) is 3.84. The SMILES string of the molecule is COc1ccc(C#N)cc1CN[C@@H](C)c1ccc(C)cc1. The molecule has 0 bridgehead atoms. The summed E-state index contributed by atoms with van der Waals surface area (Å²) in [5, 5.41) is 12.5. The molecule has 0 saturated heterocycles. The molecule has 108 valence electrons. The Kier molecular flexibility index (Phi) is 4.97. The highest BCUT2D eigenvalue weighted by molar-refractivity contribution is 5.42. The summed E-state index contributed by atoms with van der Waals surface area (Å²) in [5.41, 5.74) is 4.15. The lowest BCUT2D eigenvalue weighted by Gasteiger charge is -2.16. The number of hydrogen-bond acceptors (Lipinski definition) is 3. The van der Waals surface area contributed by atoms with Gasteiger partial charge in [-0.15, -0.1) is 0 Å². The Bertz CT molecular complexity index is 641. The quantitative estimate of drug-likeness (QED) is 0.907. The van der Waals surface area contributed by atoms with Crippen molar-refractivity contribution in [2.45, 2.75) is 26.4 Å². The number of ether oxygens (including phenoxy) is 1. The molecule has 0 radical (unpaired) electrons. The minimum atomic E-state index is 0.237. The second kappa shape index (κ2) is 6.92. The molecule has 1 N–H and O–H groups in total. The molecule has 3 nitrogen and oxygen atoms in total. The number of aryl methyl sites for hydroxylation is 1. The molecule has 0 spiro atoms. The molecule has 2 aromatic rings. The fourth-order valence-electron chi connectivity index (χ4n) is 2.22. The lowest BCUT2D eigenvalue weighted by molar-refractivity contribution is 0.406. The molecule has 0 fully saturated rings. The van der Waals surface area contributed by atoms with Gasteiger partial charge >= 0.3 is 0 Å². The standard InChI is InChI=1S/C18H20N2O/c1-13-4-7-16(8-5-13)14(2)20-12-17-10-15(11-19)6-9-18(17)21-3/h4-10,14,20H,12H2,1-3H3/t14-/m0/s1. The third-order valence-corrected chi connectivity index (χ3v) is 3.59. The summed E-state index contributed by atoms with van der Waals surface area (Å²) in [4.78, 5) is 0. The summed E-state index contributed by atoms with van der Waals surface area (Å²) in [6, 6.07) is 16.4. The molecule has 2 rings (SSSR count). The van der Waals surface area contributed by atoms with E-state index < -0.39 is 0 Å². The smallest absolute Gasteiger partial charge is 0.123 e. The molecule has 0 aliphatic heterocycles. The minimum absolute atomic E-state index is 0.237. The molecule has 0 amide bonds. The number of hydrogen-bond donors (Lipinski definition) is 1. The highest BCUT2D eigenvalue weighted by Gasteiger charge is 2.08. The maximum atomic E-state index is 9.00. The maximum absolute atomic E-state index is 9.00.